The van der Waals surface area contributed by atoms with E-state index in [1.807, 2.05) is 38.1 Å². The van der Waals surface area contributed by atoms with E-state index in [4.69, 9.17) is 19.9 Å². The Hall–Kier alpha value is -3.04. The minimum atomic E-state index is -0.833. The molecule has 4 aromatic rings. The predicted molar refractivity (Wildman–Crippen MR) is 126 cm³/mol. The second kappa shape index (κ2) is 12.0. The maximum atomic E-state index is 9.00. The van der Waals surface area contributed by atoms with Gasteiger partial charge in [0.2, 0.25) is 0 Å². The zero-order valence-corrected chi connectivity index (χ0v) is 18.6. The summed E-state index contributed by atoms with van der Waals surface area (Å²) in [4.78, 5) is 22.3. The van der Waals surface area contributed by atoms with Crippen LogP contribution in [-0.4, -0.2) is 27.3 Å². The summed E-state index contributed by atoms with van der Waals surface area (Å²) < 4.78 is 4.03. The molecule has 3 N–H and O–H groups in total. The number of rotatable bonds is 2. The predicted octanol–water partition coefficient (Wildman–Crippen LogP) is 5.63. The topological polar surface area (TPSA) is 108 Å². The lowest BCUT2D eigenvalue weighted by molar-refractivity contribution is -0.194. The van der Waals surface area contributed by atoms with E-state index in [-0.39, 0.29) is 0 Å². The van der Waals surface area contributed by atoms with Gasteiger partial charge in [-0.1, -0.05) is 62.4 Å². The van der Waals surface area contributed by atoms with Crippen molar-refractivity contribution >= 4 is 39.8 Å². The fraction of sp³-hybridized carbons (Fsp3) is 0.174. The molecule has 0 saturated carbocycles. The first kappa shape index (κ1) is 24.2. The Balaban J connectivity index is 0.000000265. The lowest BCUT2D eigenvalue weighted by Gasteiger charge is -2.02. The average Bonchev–Trinajstić information content (AvgIpc) is 3.09. The highest BCUT2D eigenvalue weighted by Crippen LogP contribution is 2.45. The van der Waals surface area contributed by atoms with Crippen LogP contribution < -0.4 is 5.90 Å². The molecule has 3 aromatic carbocycles. The van der Waals surface area contributed by atoms with Crippen molar-refractivity contribution in [3.63, 3.8) is 0 Å². The van der Waals surface area contributed by atoms with Crippen LogP contribution in [-0.2, 0) is 14.1 Å². The number of nitrogens with two attached hydrogens (primary N) is 1. The van der Waals surface area contributed by atoms with Gasteiger partial charge >= 0.3 is 0 Å². The van der Waals surface area contributed by atoms with Crippen LogP contribution in [0.1, 0.15) is 20.8 Å². The van der Waals surface area contributed by atoms with Gasteiger partial charge in [0.15, 0.2) is 0 Å². The van der Waals surface area contributed by atoms with Crippen LogP contribution in [0.5, 0.6) is 0 Å². The number of benzene rings is 3. The minimum Gasteiger partial charge on any atom is -0.481 e. The maximum absolute atomic E-state index is 9.00. The third-order valence-electron chi connectivity index (χ3n) is 4.09. The smallest absolute Gasteiger partial charge is 0.300 e. The van der Waals surface area contributed by atoms with Gasteiger partial charge in [0, 0.05) is 41.7 Å². The molecular formula is C23H25N3O4S. The number of carbonyl (C=O) groups is 1. The second-order valence-electron chi connectivity index (χ2n) is 5.97. The minimum absolute atomic E-state index is 0.833. The molecule has 0 amide bonds. The quantitative estimate of drug-likeness (QED) is 0.207. The van der Waals surface area contributed by atoms with Crippen LogP contribution in [0, 0.1) is 0 Å². The number of aromatic nitrogens is 2. The summed E-state index contributed by atoms with van der Waals surface area (Å²) in [6.07, 6.45) is 1.70. The number of carboxylic acid groups (broad SMARTS) is 1. The summed E-state index contributed by atoms with van der Waals surface area (Å²) in [7, 11) is 0. The number of carboxylic acids is 1. The molecule has 1 aromatic heterocycles. The average molecular weight is 440 g/mol. The first-order chi connectivity index (χ1) is 15.1. The molecule has 1 aliphatic rings. The van der Waals surface area contributed by atoms with Crippen LogP contribution in [0.15, 0.2) is 60.7 Å². The molecule has 0 unspecified atom stereocenters. The van der Waals surface area contributed by atoms with E-state index in [1.165, 1.54) is 21.9 Å². The van der Waals surface area contributed by atoms with Gasteiger partial charge in [-0.15, -0.1) is 9.32 Å². The number of fused-ring (bicyclic) bond motifs is 4. The monoisotopic (exact) mass is 439 g/mol. The van der Waals surface area contributed by atoms with Crippen molar-refractivity contribution in [3.8, 4) is 22.5 Å². The molecule has 0 saturated heterocycles. The fourth-order valence-corrected chi connectivity index (χ4v) is 3.23. The summed E-state index contributed by atoms with van der Waals surface area (Å²) in [6.45, 7) is 5.08. The molecule has 0 atom stereocenters. The number of nitrogens with zero attached hydrogens (tertiary/aromatic N) is 2. The van der Waals surface area contributed by atoms with Gasteiger partial charge < -0.3 is 5.11 Å². The maximum Gasteiger partial charge on any atom is 0.300 e. The molecule has 31 heavy (non-hydrogen) atoms. The number of aliphatic carboxylic acids is 1. The zero-order chi connectivity index (χ0) is 22.8. The van der Waals surface area contributed by atoms with Crippen molar-refractivity contribution in [1.82, 2.24) is 9.97 Å². The molecule has 8 heteroatoms. The molecule has 0 bridgehead atoms. The number of para-hydroxylation sites is 2. The van der Waals surface area contributed by atoms with Crippen LogP contribution in [0.4, 0.5) is 0 Å². The van der Waals surface area contributed by atoms with Gasteiger partial charge in [0.25, 0.3) is 5.97 Å². The Labute approximate surface area is 185 Å². The van der Waals surface area contributed by atoms with Gasteiger partial charge in [0.05, 0.1) is 22.4 Å². The van der Waals surface area contributed by atoms with Gasteiger partial charge in [-0.2, -0.15) is 5.90 Å². The van der Waals surface area contributed by atoms with E-state index >= 15 is 0 Å². The van der Waals surface area contributed by atoms with Crippen LogP contribution >= 0.6 is 12.0 Å². The van der Waals surface area contributed by atoms with E-state index in [0.717, 1.165) is 41.4 Å². The Kier molecular flexibility index (Phi) is 9.36. The van der Waals surface area contributed by atoms with Gasteiger partial charge in [0.1, 0.15) is 0 Å². The Morgan fingerprint density at radius 2 is 1.35 bits per heavy atom. The SMILES string of the molecule is CC.CC(=O)O.CSOON.c1cc2c3c(cccc3c1)-c1nc3ccccc3nc1-2. The summed E-state index contributed by atoms with van der Waals surface area (Å²) in [5, 5.41) is 9.95. The second-order valence-corrected chi connectivity index (χ2v) is 6.44. The van der Waals surface area contributed by atoms with Gasteiger partial charge in [-0.25, -0.2) is 9.97 Å². The van der Waals surface area contributed by atoms with Crippen molar-refractivity contribution in [2.75, 3.05) is 6.26 Å². The van der Waals surface area contributed by atoms with Crippen molar-refractivity contribution in [2.45, 2.75) is 20.8 Å². The molecule has 0 fully saturated rings. The van der Waals surface area contributed by atoms with Crippen LogP contribution in [0.25, 0.3) is 44.3 Å². The Morgan fingerprint density at radius 1 is 0.903 bits per heavy atom. The molecule has 0 aliphatic heterocycles. The van der Waals surface area contributed by atoms with Gasteiger partial charge in [-0.3, -0.25) is 4.79 Å². The summed E-state index contributed by atoms with van der Waals surface area (Å²) in [5.41, 5.74) is 6.33. The van der Waals surface area contributed by atoms with Gasteiger partial charge in [-0.05, 0) is 17.5 Å². The highest BCUT2D eigenvalue weighted by Gasteiger charge is 2.23. The van der Waals surface area contributed by atoms with E-state index in [1.54, 1.807) is 6.26 Å². The summed E-state index contributed by atoms with van der Waals surface area (Å²) in [5.74, 6) is 3.56. The van der Waals surface area contributed by atoms with Crippen molar-refractivity contribution in [2.24, 2.45) is 5.90 Å². The third-order valence-corrected chi connectivity index (χ3v) is 4.31. The Morgan fingerprint density at radius 3 is 1.71 bits per heavy atom. The lowest BCUT2D eigenvalue weighted by Crippen LogP contribution is -1.92. The Bertz CT molecular complexity index is 1080. The first-order valence-electron chi connectivity index (χ1n) is 9.61. The van der Waals surface area contributed by atoms with Crippen LogP contribution in [0.2, 0.25) is 0 Å². The molecule has 5 rings (SSSR count). The highest BCUT2D eigenvalue weighted by atomic mass is 32.2. The number of hydrogen-bond donors (Lipinski definition) is 2. The van der Waals surface area contributed by atoms with E-state index in [9.17, 15) is 0 Å². The van der Waals surface area contributed by atoms with E-state index < -0.39 is 5.97 Å². The highest BCUT2D eigenvalue weighted by molar-refractivity contribution is 7.93. The molecule has 162 valence electrons. The summed E-state index contributed by atoms with van der Waals surface area (Å²) in [6, 6.07) is 20.8. The molecular weight excluding hydrogens is 414 g/mol. The van der Waals surface area contributed by atoms with Crippen LogP contribution in [0.3, 0.4) is 0 Å². The van der Waals surface area contributed by atoms with E-state index in [0.29, 0.717) is 0 Å². The third kappa shape index (κ3) is 5.77. The normalized spacial score (nSPS) is 10.1. The molecule has 7 nitrogen and oxygen atoms in total. The molecule has 1 aliphatic carbocycles. The fourth-order valence-electron chi connectivity index (χ4n) is 3.15. The standard InChI is InChI=1S/C18H10N2.C2H4O2.C2H6.CH5NO2S/c1-2-10-15-14(9-1)19-17-12-7-3-5-11-6-4-8-13(16(11)12)18(17)20-15;1-2(3)4;1-2;1-5-4-3-2/h1-10H;1H3,(H,3,4);1-2H3;2H2,1H3. The molecule has 0 spiro atoms. The zero-order valence-electron chi connectivity index (χ0n) is 17.8. The molecule has 1 heterocycles. The van der Waals surface area contributed by atoms with E-state index in [2.05, 4.69) is 51.6 Å². The van der Waals surface area contributed by atoms with Crippen molar-refractivity contribution in [3.05, 3.63) is 60.7 Å². The van der Waals surface area contributed by atoms with Crippen molar-refractivity contribution in [1.29, 1.82) is 0 Å². The summed E-state index contributed by atoms with van der Waals surface area (Å²) >= 11 is 1.05. The molecule has 0 radical (unpaired) electrons. The lowest BCUT2D eigenvalue weighted by atomic mass is 10.0. The number of hydrogen-bond acceptors (Lipinski definition) is 7. The largest absolute Gasteiger partial charge is 0.481 e. The van der Waals surface area contributed by atoms with Crippen molar-refractivity contribution < 1.29 is 19.2 Å². The first-order valence-corrected chi connectivity index (χ1v) is 10.8.